The molecule has 2 aromatic rings. The summed E-state index contributed by atoms with van der Waals surface area (Å²) in [5.41, 5.74) is 9.44. The number of fused-ring (bicyclic) bond motifs is 1. The van der Waals surface area contributed by atoms with Crippen LogP contribution in [0.15, 0.2) is 11.4 Å². The first-order valence-electron chi connectivity index (χ1n) is 15.3. The number of hydrogen-bond donors (Lipinski definition) is 1. The zero-order chi connectivity index (χ0) is 31.0. The fourth-order valence-electron chi connectivity index (χ4n) is 7.89. The molecule has 1 aliphatic rings. The highest BCUT2D eigenvalue weighted by molar-refractivity contribution is 7.90. The first-order chi connectivity index (χ1) is 19.0. The normalized spacial score (nSPS) is 21.6. The molecule has 2 N–H and O–H groups in total. The van der Waals surface area contributed by atoms with Crippen molar-refractivity contribution in [1.82, 2.24) is 19.7 Å². The topological polar surface area (TPSA) is 120 Å². The molecule has 1 aliphatic heterocycles. The van der Waals surface area contributed by atoms with Crippen LogP contribution in [-0.2, 0) is 24.8 Å². The number of aromatic nitrogens is 4. The van der Waals surface area contributed by atoms with E-state index in [9.17, 15) is 4.55 Å². The lowest BCUT2D eigenvalue weighted by Gasteiger charge is -2.45. The number of anilines is 1. The van der Waals surface area contributed by atoms with Crippen molar-refractivity contribution in [2.24, 2.45) is 0 Å². The molecule has 1 saturated heterocycles. The van der Waals surface area contributed by atoms with Crippen LogP contribution in [0, 0.1) is 0 Å². The summed E-state index contributed by atoms with van der Waals surface area (Å²) in [5.74, 6) is 0.268. The van der Waals surface area contributed by atoms with Crippen molar-refractivity contribution >= 4 is 44.7 Å². The van der Waals surface area contributed by atoms with Crippen molar-refractivity contribution in [1.29, 1.82) is 0 Å². The van der Waals surface area contributed by atoms with Gasteiger partial charge in [0.1, 0.15) is 29.9 Å². The van der Waals surface area contributed by atoms with E-state index in [1.807, 2.05) is 0 Å². The molecular weight excluding hydrogens is 571 g/mol. The van der Waals surface area contributed by atoms with Crippen LogP contribution in [-0.4, -0.2) is 66.0 Å². The van der Waals surface area contributed by atoms with Gasteiger partial charge in [-0.15, -0.1) is 5.10 Å². The number of hydrogen-bond acceptors (Lipinski definition) is 8. The number of nitrogens with two attached hydrogens (primary N) is 1. The summed E-state index contributed by atoms with van der Waals surface area (Å²) in [5, 5.41) is 5.63. The molecule has 0 bridgehead atoms. The summed E-state index contributed by atoms with van der Waals surface area (Å²) in [7, 11) is -4.36. The molecule has 234 valence electrons. The second kappa shape index (κ2) is 13.3. The maximum absolute atomic E-state index is 12.6. The zero-order valence-electron chi connectivity index (χ0n) is 27.6. The van der Waals surface area contributed by atoms with E-state index in [2.05, 4.69) is 93.1 Å². The van der Waals surface area contributed by atoms with E-state index in [0.29, 0.717) is 62.3 Å². The molecular formula is C29H55N5O4SSi2. The molecule has 0 aromatic carbocycles. The highest BCUT2D eigenvalue weighted by Crippen LogP contribution is 2.47. The molecule has 9 nitrogen and oxygen atoms in total. The Morgan fingerprint density at radius 1 is 0.927 bits per heavy atom. The molecule has 3 heterocycles. The van der Waals surface area contributed by atoms with E-state index < -0.39 is 34.0 Å². The predicted molar refractivity (Wildman–Crippen MR) is 174 cm³/mol. The van der Waals surface area contributed by atoms with Gasteiger partial charge in [-0.25, -0.2) is 14.6 Å². The minimum atomic E-state index is -2.23. The first-order valence-corrected chi connectivity index (χ1v) is 21.1. The van der Waals surface area contributed by atoms with Crippen molar-refractivity contribution in [2.75, 3.05) is 18.6 Å². The molecule has 2 aromatic heterocycles. The van der Waals surface area contributed by atoms with Crippen molar-refractivity contribution in [3.63, 3.8) is 0 Å². The fraction of sp³-hybridized carbons (Fsp3) is 0.828. The monoisotopic (exact) mass is 625 g/mol. The standard InChI is InChI=1S/C29H55N5O4SSi2/c1-17(2)40(18(3)4,19(5)6)36-15-24-23(38-41(20(7)8,21(9)10)22(11)12)14-25(37-24)34-28-26(27(30)31-16-32-28)29(33-34)39(13)35/h16-25H,14-15H2,1-13H3,(H2,30,31,32)/t23-,24+,25+,39?/m0/s1. The van der Waals surface area contributed by atoms with Crippen LogP contribution in [0.2, 0.25) is 33.2 Å². The van der Waals surface area contributed by atoms with Crippen molar-refractivity contribution in [2.45, 2.75) is 146 Å². The van der Waals surface area contributed by atoms with Crippen LogP contribution in [0.25, 0.3) is 11.0 Å². The highest BCUT2D eigenvalue weighted by Gasteiger charge is 2.52. The lowest BCUT2D eigenvalue weighted by atomic mass is 10.2. The van der Waals surface area contributed by atoms with Gasteiger partial charge in [0.05, 0.1) is 12.7 Å². The second-order valence-corrected chi connectivity index (χ2v) is 25.8. The Labute approximate surface area is 253 Å². The quantitative estimate of drug-likeness (QED) is 0.183. The lowest BCUT2D eigenvalue weighted by Crippen LogP contribution is -2.53. The number of nitrogens with zero attached hydrogens (tertiary/aromatic N) is 4. The second-order valence-electron chi connectivity index (χ2n) is 13.6. The molecule has 0 aliphatic carbocycles. The molecule has 1 fully saturated rings. The maximum atomic E-state index is 12.6. The number of nitrogen functional groups attached to an aromatic ring is 1. The van der Waals surface area contributed by atoms with Gasteiger partial charge in [-0.1, -0.05) is 83.1 Å². The van der Waals surface area contributed by atoms with E-state index in [0.717, 1.165) is 0 Å². The van der Waals surface area contributed by atoms with Crippen LogP contribution >= 0.6 is 0 Å². The van der Waals surface area contributed by atoms with Crippen LogP contribution in [0.1, 0.15) is 95.7 Å². The molecule has 41 heavy (non-hydrogen) atoms. The van der Waals surface area contributed by atoms with Crippen LogP contribution in [0.5, 0.6) is 0 Å². The van der Waals surface area contributed by atoms with Gasteiger partial charge in [-0.3, -0.25) is 0 Å². The summed E-state index contributed by atoms with van der Waals surface area (Å²) < 4.78 is 35.6. The Morgan fingerprint density at radius 2 is 1.44 bits per heavy atom. The van der Waals surface area contributed by atoms with E-state index in [-0.39, 0.29) is 18.0 Å². The molecule has 12 heteroatoms. The Kier molecular flexibility index (Phi) is 11.2. The summed E-state index contributed by atoms with van der Waals surface area (Å²) in [6.07, 6.45) is 2.74. The summed E-state index contributed by atoms with van der Waals surface area (Å²) in [6.45, 7) is 28.2. The molecule has 0 radical (unpaired) electrons. The SMILES string of the molecule is CC(C)[Si](OC[C@H]1O[C@@H](n2nc([S+](C)[O-])c3c(N)ncnc32)C[C@@H]1O[Si](C(C)C)(C(C)C)C(C)C)(C(C)C)C(C)C. The van der Waals surface area contributed by atoms with Crippen LogP contribution in [0.3, 0.4) is 0 Å². The fourth-order valence-corrected chi connectivity index (χ4v) is 19.6. The first kappa shape index (κ1) is 34.5. The average molecular weight is 626 g/mol. The third-order valence-corrected chi connectivity index (χ3v) is 22.5. The Bertz CT molecular complexity index is 1110. The van der Waals surface area contributed by atoms with E-state index in [4.69, 9.17) is 24.4 Å². The maximum Gasteiger partial charge on any atom is 0.276 e. The number of rotatable bonds is 13. The van der Waals surface area contributed by atoms with Gasteiger partial charge in [0.25, 0.3) is 5.03 Å². The van der Waals surface area contributed by atoms with Gasteiger partial charge in [-0.2, -0.15) is 0 Å². The lowest BCUT2D eigenvalue weighted by molar-refractivity contribution is -0.0438. The molecule has 0 spiro atoms. The minimum Gasteiger partial charge on any atom is -0.610 e. The van der Waals surface area contributed by atoms with Crippen molar-refractivity contribution in [3.8, 4) is 0 Å². The largest absolute Gasteiger partial charge is 0.610 e. The van der Waals surface area contributed by atoms with Gasteiger partial charge in [0, 0.05) is 17.6 Å². The average Bonchev–Trinajstić information content (AvgIpc) is 3.43. The van der Waals surface area contributed by atoms with Gasteiger partial charge in [0.15, 0.2) is 20.2 Å². The van der Waals surface area contributed by atoms with Gasteiger partial charge >= 0.3 is 0 Å². The van der Waals surface area contributed by atoms with E-state index >= 15 is 0 Å². The van der Waals surface area contributed by atoms with Crippen molar-refractivity contribution < 1.29 is 18.1 Å². The smallest absolute Gasteiger partial charge is 0.276 e. The third kappa shape index (κ3) is 6.30. The van der Waals surface area contributed by atoms with E-state index in [1.165, 1.54) is 6.33 Å². The van der Waals surface area contributed by atoms with Gasteiger partial charge < -0.3 is 23.9 Å². The molecule has 3 rings (SSSR count). The minimum absolute atomic E-state index is 0.161. The molecule has 4 atom stereocenters. The number of ether oxygens (including phenoxy) is 1. The zero-order valence-corrected chi connectivity index (χ0v) is 30.4. The van der Waals surface area contributed by atoms with Crippen LogP contribution in [0.4, 0.5) is 5.82 Å². The van der Waals surface area contributed by atoms with E-state index in [1.54, 1.807) is 10.9 Å². The van der Waals surface area contributed by atoms with Gasteiger partial charge in [-0.05, 0) is 33.2 Å². The Morgan fingerprint density at radius 3 is 1.90 bits per heavy atom. The van der Waals surface area contributed by atoms with Crippen molar-refractivity contribution in [3.05, 3.63) is 6.33 Å². The highest BCUT2D eigenvalue weighted by atomic mass is 32.2. The molecule has 1 unspecified atom stereocenters. The third-order valence-electron chi connectivity index (χ3n) is 9.48. The summed E-state index contributed by atoms with van der Waals surface area (Å²) in [4.78, 5) is 8.63. The van der Waals surface area contributed by atoms with Gasteiger partial charge in [0.2, 0.25) is 8.32 Å². The van der Waals surface area contributed by atoms with Crippen LogP contribution < -0.4 is 5.73 Å². The molecule has 0 amide bonds. The predicted octanol–water partition coefficient (Wildman–Crippen LogP) is 7.19. The summed E-state index contributed by atoms with van der Waals surface area (Å²) in [6, 6.07) is 0. The molecule has 0 saturated carbocycles. The Hall–Kier alpha value is -1.03. The summed E-state index contributed by atoms with van der Waals surface area (Å²) >= 11 is -1.37. The Balaban J connectivity index is 2.08.